The molecule has 0 aromatic carbocycles. The van der Waals surface area contributed by atoms with Gasteiger partial charge in [0.15, 0.2) is 0 Å². The first-order valence-corrected chi connectivity index (χ1v) is 14.2. The van der Waals surface area contributed by atoms with Crippen LogP contribution in [-0.2, 0) is 0 Å². The topological polar surface area (TPSA) is 101 Å². The largest absolute Gasteiger partial charge is 0.396 e. The minimum absolute atomic E-state index is 0.00950. The molecule has 0 aliphatic heterocycles. The van der Waals surface area contributed by atoms with Gasteiger partial charge < -0.3 is 25.5 Å². The van der Waals surface area contributed by atoms with E-state index in [-0.39, 0.29) is 59.2 Å². The van der Waals surface area contributed by atoms with Crippen LogP contribution < -0.4 is 0 Å². The third-order valence-electron chi connectivity index (χ3n) is 12.5. The fourth-order valence-corrected chi connectivity index (χ4v) is 10.4. The Hall–Kier alpha value is -0.460. The molecular weight excluding hydrogens is 440 g/mol. The van der Waals surface area contributed by atoms with E-state index in [9.17, 15) is 25.5 Å². The van der Waals surface area contributed by atoms with Gasteiger partial charge in [-0.3, -0.25) is 0 Å². The molecule has 4 aliphatic rings. The van der Waals surface area contributed by atoms with Crippen LogP contribution in [0.4, 0.5) is 0 Å². The molecule has 0 heterocycles. The molecule has 0 unspecified atom stereocenters. The summed E-state index contributed by atoms with van der Waals surface area (Å²) in [5.74, 6) is 0.837. The molecule has 10 atom stereocenters. The van der Waals surface area contributed by atoms with E-state index in [4.69, 9.17) is 0 Å². The van der Waals surface area contributed by atoms with Gasteiger partial charge in [-0.2, -0.15) is 0 Å². The summed E-state index contributed by atoms with van der Waals surface area (Å²) in [5.41, 5.74) is -0.963. The highest BCUT2D eigenvalue weighted by atomic mass is 16.3. The fourth-order valence-electron chi connectivity index (χ4n) is 10.4. The van der Waals surface area contributed by atoms with Crippen LogP contribution in [0, 0.1) is 45.3 Å². The second kappa shape index (κ2) is 9.08. The highest BCUT2D eigenvalue weighted by Gasteiger charge is 2.73. The van der Waals surface area contributed by atoms with E-state index in [1.165, 1.54) is 0 Å². The van der Waals surface area contributed by atoms with Gasteiger partial charge in [-0.05, 0) is 112 Å². The lowest BCUT2D eigenvalue weighted by Gasteiger charge is -2.71. The molecule has 4 saturated carbocycles. The van der Waals surface area contributed by atoms with Crippen molar-refractivity contribution in [1.29, 1.82) is 0 Å². The van der Waals surface area contributed by atoms with Gasteiger partial charge in [0.25, 0.3) is 0 Å². The van der Waals surface area contributed by atoms with Gasteiger partial charge >= 0.3 is 0 Å². The molecule has 0 amide bonds. The maximum absolute atomic E-state index is 11.9. The van der Waals surface area contributed by atoms with E-state index in [0.717, 1.165) is 50.5 Å². The van der Waals surface area contributed by atoms with Crippen molar-refractivity contribution >= 4 is 0 Å². The molecule has 4 rings (SSSR count). The average Bonchev–Trinajstić information content (AvgIpc) is 3.16. The molecule has 0 spiro atoms. The zero-order valence-corrected chi connectivity index (χ0v) is 23.1. The summed E-state index contributed by atoms with van der Waals surface area (Å²) in [4.78, 5) is 0. The molecule has 0 bridgehead atoms. The van der Waals surface area contributed by atoms with Crippen molar-refractivity contribution < 1.29 is 25.5 Å². The Balaban J connectivity index is 1.67. The zero-order valence-electron chi connectivity index (χ0n) is 23.1. The van der Waals surface area contributed by atoms with Crippen molar-refractivity contribution in [3.05, 3.63) is 11.6 Å². The van der Waals surface area contributed by atoms with Gasteiger partial charge in [0.05, 0.1) is 31.0 Å². The SMILES string of the molecule is C/C(=C/CC[C@](C)(O)[C@H]1CC[C@]2(C)[C@@H]1CC[C@@H]1[C@@]3(C)CC[C@H](O)C(C)(C)[C@@H]3C[C@H](O)[C@]12CO)CO. The third kappa shape index (κ3) is 3.81. The maximum atomic E-state index is 11.9. The number of hydrogen-bond acceptors (Lipinski definition) is 5. The summed E-state index contributed by atoms with van der Waals surface area (Å²) < 4.78 is 0. The zero-order chi connectivity index (χ0) is 26.0. The van der Waals surface area contributed by atoms with Crippen molar-refractivity contribution in [2.45, 2.75) is 117 Å². The van der Waals surface area contributed by atoms with E-state index in [1.807, 2.05) is 19.9 Å². The van der Waals surface area contributed by atoms with Crippen LogP contribution in [-0.4, -0.2) is 56.6 Å². The summed E-state index contributed by atoms with van der Waals surface area (Å²) in [6.45, 7) is 13.0. The highest BCUT2D eigenvalue weighted by Crippen LogP contribution is 2.75. The average molecular weight is 493 g/mol. The van der Waals surface area contributed by atoms with Gasteiger partial charge in [-0.15, -0.1) is 0 Å². The summed E-state index contributed by atoms with van der Waals surface area (Å²) >= 11 is 0. The van der Waals surface area contributed by atoms with Crippen LogP contribution in [0.5, 0.6) is 0 Å². The van der Waals surface area contributed by atoms with Crippen LogP contribution in [0.3, 0.4) is 0 Å². The lowest BCUT2D eigenvalue weighted by Crippen LogP contribution is -2.70. The van der Waals surface area contributed by atoms with Gasteiger partial charge in [0.2, 0.25) is 0 Å². The summed E-state index contributed by atoms with van der Waals surface area (Å²) in [6.07, 6.45) is 8.66. The van der Waals surface area contributed by atoms with Crippen LogP contribution in [0.15, 0.2) is 11.6 Å². The number of aliphatic hydroxyl groups is 5. The van der Waals surface area contributed by atoms with Crippen molar-refractivity contribution in [3.8, 4) is 0 Å². The first-order chi connectivity index (χ1) is 16.2. The summed E-state index contributed by atoms with van der Waals surface area (Å²) in [6, 6.07) is 0. The Morgan fingerprint density at radius 1 is 0.943 bits per heavy atom. The Morgan fingerprint density at radius 2 is 1.63 bits per heavy atom. The quantitative estimate of drug-likeness (QED) is 0.353. The number of fused-ring (bicyclic) bond motifs is 5. The third-order valence-corrected chi connectivity index (χ3v) is 12.5. The van der Waals surface area contributed by atoms with Crippen molar-refractivity contribution in [2.24, 2.45) is 45.3 Å². The molecule has 4 fully saturated rings. The Bertz CT molecular complexity index is 820. The first-order valence-electron chi connectivity index (χ1n) is 14.2. The first kappa shape index (κ1) is 27.6. The van der Waals surface area contributed by atoms with E-state index < -0.39 is 17.1 Å². The number of rotatable bonds is 6. The van der Waals surface area contributed by atoms with Crippen LogP contribution in [0.1, 0.15) is 99.3 Å². The second-order valence-corrected chi connectivity index (χ2v) is 14.3. The molecule has 35 heavy (non-hydrogen) atoms. The number of allylic oxidation sites excluding steroid dienone is 1. The standard InChI is InChI=1S/C30H52O5/c1-19(17-31)8-7-13-29(6,35)21-11-15-28(5)20(21)9-10-22-27(4)14-12-24(33)26(2,3)23(27)16-25(34)30(22,28)18-32/h8,20-25,31-35H,7,9-18H2,1-6H3/b19-8-/t20-,21+,22-,23+,24+,25+,27-,28-,29+,30+/m1/s1. The van der Waals surface area contributed by atoms with E-state index in [0.29, 0.717) is 12.8 Å². The molecule has 5 N–H and O–H groups in total. The normalized spacial score (nSPS) is 49.1. The van der Waals surface area contributed by atoms with E-state index in [1.54, 1.807) is 0 Å². The monoisotopic (exact) mass is 492 g/mol. The molecule has 5 heteroatoms. The van der Waals surface area contributed by atoms with Gasteiger partial charge in [0, 0.05) is 5.41 Å². The molecule has 202 valence electrons. The predicted octanol–water partition coefficient (Wildman–Crippen LogP) is 4.45. The fraction of sp³-hybridized carbons (Fsp3) is 0.933. The maximum Gasteiger partial charge on any atom is 0.0653 e. The minimum Gasteiger partial charge on any atom is -0.396 e. The predicted molar refractivity (Wildman–Crippen MR) is 139 cm³/mol. The van der Waals surface area contributed by atoms with Crippen molar-refractivity contribution in [2.75, 3.05) is 13.2 Å². The van der Waals surface area contributed by atoms with E-state index in [2.05, 4.69) is 27.7 Å². The Kier molecular flexibility index (Phi) is 7.15. The molecule has 4 aliphatic carbocycles. The molecule has 0 saturated heterocycles. The van der Waals surface area contributed by atoms with Gasteiger partial charge in [-0.1, -0.05) is 39.3 Å². The Morgan fingerprint density at radius 3 is 2.26 bits per heavy atom. The van der Waals surface area contributed by atoms with E-state index >= 15 is 0 Å². The lowest BCUT2D eigenvalue weighted by atomic mass is 9.34. The van der Waals surface area contributed by atoms with Crippen LogP contribution in [0.25, 0.3) is 0 Å². The Labute approximate surface area is 213 Å². The highest BCUT2D eigenvalue weighted by molar-refractivity contribution is 5.22. The molecular formula is C30H52O5. The number of hydrogen-bond donors (Lipinski definition) is 5. The summed E-state index contributed by atoms with van der Waals surface area (Å²) in [7, 11) is 0. The van der Waals surface area contributed by atoms with Gasteiger partial charge in [0.1, 0.15) is 0 Å². The lowest BCUT2D eigenvalue weighted by molar-refractivity contribution is -0.281. The van der Waals surface area contributed by atoms with Crippen molar-refractivity contribution in [1.82, 2.24) is 0 Å². The van der Waals surface area contributed by atoms with Gasteiger partial charge in [-0.25, -0.2) is 0 Å². The minimum atomic E-state index is -0.818. The number of aliphatic hydroxyl groups excluding tert-OH is 4. The second-order valence-electron chi connectivity index (χ2n) is 14.3. The smallest absolute Gasteiger partial charge is 0.0653 e. The van der Waals surface area contributed by atoms with Crippen LogP contribution >= 0.6 is 0 Å². The molecule has 0 aromatic heterocycles. The molecule has 0 aromatic rings. The summed E-state index contributed by atoms with van der Waals surface area (Å²) in [5, 5.41) is 54.9. The molecule has 5 nitrogen and oxygen atoms in total. The van der Waals surface area contributed by atoms with Crippen molar-refractivity contribution in [3.63, 3.8) is 0 Å². The molecule has 0 radical (unpaired) electrons. The van der Waals surface area contributed by atoms with Crippen LogP contribution in [0.2, 0.25) is 0 Å².